The molecule has 1 saturated heterocycles. The lowest BCUT2D eigenvalue weighted by Gasteiger charge is -2.23. The van der Waals surface area contributed by atoms with Crippen LogP contribution in [0.25, 0.3) is 16.8 Å². The Bertz CT molecular complexity index is 1270. The number of aliphatic hydroxyl groups excluding tert-OH is 1. The third kappa shape index (κ3) is 4.05. The summed E-state index contributed by atoms with van der Waals surface area (Å²) in [4.78, 5) is 3.98. The van der Waals surface area contributed by atoms with Crippen molar-refractivity contribution in [3.05, 3.63) is 59.8 Å². The van der Waals surface area contributed by atoms with Crippen LogP contribution in [0.4, 0.5) is 8.78 Å². The molecule has 0 aromatic carbocycles. The molecular weight excluding hydrogens is 432 g/mol. The molecule has 33 heavy (non-hydrogen) atoms. The van der Waals surface area contributed by atoms with Crippen molar-refractivity contribution in [2.24, 2.45) is 0 Å². The molecule has 1 atom stereocenters. The first-order chi connectivity index (χ1) is 16.0. The van der Waals surface area contributed by atoms with Crippen molar-refractivity contribution in [1.82, 2.24) is 34.9 Å². The number of nitrogens with zero attached hydrogens (tertiary/aromatic N) is 6. The molecule has 5 rings (SSSR count). The summed E-state index contributed by atoms with van der Waals surface area (Å²) in [6.45, 7) is 3.37. The SMILES string of the molecule is Cc1c(-c2cc(OC(CO)c3ccc(F)cn3)c3c(F)cnn3c2)nnn1C1CCNCC1. The molecule has 11 heteroatoms. The number of aromatic nitrogens is 6. The Balaban J connectivity index is 1.54. The van der Waals surface area contributed by atoms with E-state index in [0.717, 1.165) is 44.0 Å². The molecule has 4 aromatic heterocycles. The number of fused-ring (bicyclic) bond motifs is 1. The van der Waals surface area contributed by atoms with Crippen LogP contribution in [0.15, 0.2) is 36.8 Å². The van der Waals surface area contributed by atoms with Crippen molar-refractivity contribution in [2.45, 2.75) is 31.9 Å². The van der Waals surface area contributed by atoms with Crippen molar-refractivity contribution < 1.29 is 18.6 Å². The summed E-state index contributed by atoms with van der Waals surface area (Å²) in [6, 6.07) is 4.55. The first kappa shape index (κ1) is 21.4. The van der Waals surface area contributed by atoms with Crippen LogP contribution >= 0.6 is 0 Å². The van der Waals surface area contributed by atoms with Gasteiger partial charge in [-0.15, -0.1) is 5.10 Å². The van der Waals surface area contributed by atoms with Crippen LogP contribution < -0.4 is 10.1 Å². The summed E-state index contributed by atoms with van der Waals surface area (Å²) in [5.41, 5.74) is 2.59. The number of nitrogens with one attached hydrogen (secondary N) is 1. The quantitative estimate of drug-likeness (QED) is 0.461. The van der Waals surface area contributed by atoms with Crippen molar-refractivity contribution >= 4 is 5.52 Å². The number of pyridine rings is 2. The van der Waals surface area contributed by atoms with E-state index in [9.17, 15) is 13.9 Å². The molecule has 4 aromatic rings. The lowest BCUT2D eigenvalue weighted by atomic mass is 10.1. The molecule has 1 aliphatic rings. The van der Waals surface area contributed by atoms with Gasteiger partial charge in [-0.25, -0.2) is 18.0 Å². The summed E-state index contributed by atoms with van der Waals surface area (Å²) >= 11 is 0. The Morgan fingerprint density at radius 2 is 2.06 bits per heavy atom. The van der Waals surface area contributed by atoms with Crippen LogP contribution in [-0.2, 0) is 0 Å². The molecule has 0 bridgehead atoms. The van der Waals surface area contributed by atoms with Crippen molar-refractivity contribution in [3.63, 3.8) is 0 Å². The third-order valence-corrected chi connectivity index (χ3v) is 5.90. The van der Waals surface area contributed by atoms with Crippen LogP contribution in [0.1, 0.15) is 36.4 Å². The Labute approximate surface area is 188 Å². The molecule has 1 fully saturated rings. The molecule has 0 aliphatic carbocycles. The maximum atomic E-state index is 14.5. The number of halogens is 2. The van der Waals surface area contributed by atoms with Gasteiger partial charge in [0.25, 0.3) is 0 Å². The molecule has 5 heterocycles. The highest BCUT2D eigenvalue weighted by Crippen LogP contribution is 2.33. The number of rotatable bonds is 6. The molecule has 0 saturated carbocycles. The van der Waals surface area contributed by atoms with Crippen LogP contribution in [0.2, 0.25) is 0 Å². The molecule has 0 amide bonds. The minimum absolute atomic E-state index is 0.114. The van der Waals surface area contributed by atoms with E-state index in [1.54, 1.807) is 12.3 Å². The molecule has 0 spiro atoms. The predicted molar refractivity (Wildman–Crippen MR) is 115 cm³/mol. The second kappa shape index (κ2) is 8.83. The number of aliphatic hydroxyl groups is 1. The van der Waals surface area contributed by atoms with E-state index in [4.69, 9.17) is 4.74 Å². The topological polar surface area (TPSA) is 102 Å². The predicted octanol–water partition coefficient (Wildman–Crippen LogP) is 2.61. The lowest BCUT2D eigenvalue weighted by molar-refractivity contribution is 0.114. The van der Waals surface area contributed by atoms with Gasteiger partial charge < -0.3 is 15.2 Å². The Morgan fingerprint density at radius 1 is 1.24 bits per heavy atom. The fraction of sp³-hybridized carbons (Fsp3) is 0.364. The van der Waals surface area contributed by atoms with Gasteiger partial charge in [0.1, 0.15) is 22.8 Å². The molecule has 1 unspecified atom stereocenters. The Morgan fingerprint density at radius 3 is 2.79 bits per heavy atom. The summed E-state index contributed by atoms with van der Waals surface area (Å²) in [6.07, 6.45) is 4.79. The monoisotopic (exact) mass is 455 g/mol. The van der Waals surface area contributed by atoms with Crippen molar-refractivity contribution in [2.75, 3.05) is 19.7 Å². The second-order valence-electron chi connectivity index (χ2n) is 8.02. The fourth-order valence-electron chi connectivity index (χ4n) is 4.20. The van der Waals surface area contributed by atoms with Crippen molar-refractivity contribution in [3.8, 4) is 17.0 Å². The first-order valence-corrected chi connectivity index (χ1v) is 10.7. The standard InChI is InChI=1S/C22H23F2N7O2/c1-13-21(28-29-31(13)16-4-6-25-7-5-16)14-8-19(22-17(24)10-27-30(22)11-14)33-20(12-32)18-3-2-15(23)9-26-18/h2-3,8-11,16,20,25,32H,4-7,12H2,1H3. The number of hydrogen-bond acceptors (Lipinski definition) is 7. The van der Waals surface area contributed by atoms with Crippen LogP contribution in [0.5, 0.6) is 5.75 Å². The van der Waals surface area contributed by atoms with E-state index in [2.05, 4.69) is 25.7 Å². The van der Waals surface area contributed by atoms with Crippen molar-refractivity contribution in [1.29, 1.82) is 0 Å². The smallest absolute Gasteiger partial charge is 0.172 e. The van der Waals surface area contributed by atoms with E-state index < -0.39 is 24.3 Å². The Hall–Kier alpha value is -3.44. The summed E-state index contributed by atoms with van der Waals surface area (Å²) in [5.74, 6) is -0.923. The summed E-state index contributed by atoms with van der Waals surface area (Å²) in [5, 5.41) is 26.0. The van der Waals surface area contributed by atoms with E-state index >= 15 is 0 Å². The number of piperidine rings is 1. The minimum atomic E-state index is -0.925. The van der Waals surface area contributed by atoms with Gasteiger partial charge in [0.05, 0.1) is 36.4 Å². The summed E-state index contributed by atoms with van der Waals surface area (Å²) < 4.78 is 37.1. The lowest BCUT2D eigenvalue weighted by Crippen LogP contribution is -2.30. The first-order valence-electron chi connectivity index (χ1n) is 10.7. The molecule has 172 valence electrons. The highest BCUT2D eigenvalue weighted by molar-refractivity contribution is 5.70. The largest absolute Gasteiger partial charge is 0.479 e. The van der Waals surface area contributed by atoms with E-state index in [1.165, 1.54) is 16.6 Å². The van der Waals surface area contributed by atoms with Gasteiger partial charge in [0.2, 0.25) is 0 Å². The minimum Gasteiger partial charge on any atom is -0.479 e. The Kier molecular flexibility index (Phi) is 5.73. The maximum Gasteiger partial charge on any atom is 0.172 e. The zero-order valence-corrected chi connectivity index (χ0v) is 17.9. The van der Waals surface area contributed by atoms with Gasteiger partial charge in [0, 0.05) is 11.8 Å². The zero-order chi connectivity index (χ0) is 22.9. The fourth-order valence-corrected chi connectivity index (χ4v) is 4.20. The van der Waals surface area contributed by atoms with Gasteiger partial charge >= 0.3 is 0 Å². The van der Waals surface area contributed by atoms with Crippen LogP contribution in [0, 0.1) is 18.6 Å². The molecule has 9 nitrogen and oxygen atoms in total. The van der Waals surface area contributed by atoms with Gasteiger partial charge in [0.15, 0.2) is 11.9 Å². The number of ether oxygens (including phenoxy) is 1. The van der Waals surface area contributed by atoms with Gasteiger partial charge in [-0.2, -0.15) is 5.10 Å². The number of hydrogen-bond donors (Lipinski definition) is 2. The van der Waals surface area contributed by atoms with Crippen LogP contribution in [-0.4, -0.2) is 54.4 Å². The van der Waals surface area contributed by atoms with Gasteiger partial charge in [-0.05, 0) is 51.1 Å². The zero-order valence-electron chi connectivity index (χ0n) is 17.9. The van der Waals surface area contributed by atoms with E-state index in [0.29, 0.717) is 17.0 Å². The molecular formula is C22H23F2N7O2. The maximum absolute atomic E-state index is 14.5. The third-order valence-electron chi connectivity index (χ3n) is 5.90. The summed E-state index contributed by atoms with van der Waals surface area (Å²) in [7, 11) is 0. The average molecular weight is 455 g/mol. The van der Waals surface area contributed by atoms with Gasteiger partial charge in [-0.1, -0.05) is 5.21 Å². The molecule has 0 radical (unpaired) electrons. The molecule has 1 aliphatic heterocycles. The normalized spacial score (nSPS) is 15.8. The average Bonchev–Trinajstić information content (AvgIpc) is 3.41. The van der Waals surface area contributed by atoms with E-state index in [1.807, 2.05) is 11.6 Å². The highest BCUT2D eigenvalue weighted by atomic mass is 19.1. The van der Waals surface area contributed by atoms with E-state index in [-0.39, 0.29) is 17.3 Å². The van der Waals surface area contributed by atoms with Crippen LogP contribution in [0.3, 0.4) is 0 Å². The second-order valence-corrected chi connectivity index (χ2v) is 8.02. The van der Waals surface area contributed by atoms with Gasteiger partial charge in [-0.3, -0.25) is 4.98 Å². The highest BCUT2D eigenvalue weighted by Gasteiger charge is 2.23. The molecule has 2 N–H and O–H groups in total.